The number of rotatable bonds is 12. The van der Waals surface area contributed by atoms with Crippen LogP contribution < -0.4 is 16.0 Å². The molecule has 3 atom stereocenters. The zero-order chi connectivity index (χ0) is 35.0. The van der Waals surface area contributed by atoms with Gasteiger partial charge in [0.05, 0.1) is 41.1 Å². The second-order valence-corrected chi connectivity index (χ2v) is 13.3. The Morgan fingerprint density at radius 3 is 2.38 bits per heavy atom. The van der Waals surface area contributed by atoms with E-state index in [0.717, 1.165) is 11.1 Å². The number of hydrogen-bond acceptors (Lipinski definition) is 7. The van der Waals surface area contributed by atoms with Gasteiger partial charge < -0.3 is 30.4 Å². The summed E-state index contributed by atoms with van der Waals surface area (Å²) in [5.74, 6) is -1.71. The predicted molar refractivity (Wildman–Crippen MR) is 191 cm³/mol. The number of carbonyl (C=O) groups excluding carboxylic acids is 2. The van der Waals surface area contributed by atoms with Crippen molar-refractivity contribution >= 4 is 52.1 Å². The molecule has 260 valence electrons. The molecule has 0 aliphatic carbocycles. The van der Waals surface area contributed by atoms with Gasteiger partial charge in [0.2, 0.25) is 5.91 Å². The van der Waals surface area contributed by atoms with Crippen LogP contribution in [0.5, 0.6) is 0 Å². The molecule has 0 radical (unpaired) electrons. The fraction of sp³-hybridized carbons (Fsp3) is 0.270. The second kappa shape index (κ2) is 16.5. The van der Waals surface area contributed by atoms with Crippen molar-refractivity contribution in [2.75, 3.05) is 31.3 Å². The first-order chi connectivity index (χ1) is 24.3. The quantitative estimate of drug-likeness (QED) is 0.102. The van der Waals surface area contributed by atoms with Crippen LogP contribution in [0.15, 0.2) is 96.2 Å². The Balaban J connectivity index is 1.14. The van der Waals surface area contributed by atoms with Crippen LogP contribution in [0.2, 0.25) is 5.02 Å². The number of imidazole rings is 1. The maximum Gasteiger partial charge on any atom is 0.407 e. The molecular formula is C37H36ClF2N5O4S. The van der Waals surface area contributed by atoms with Crippen molar-refractivity contribution in [3.63, 3.8) is 0 Å². The standard InChI is InChI=1S/C37H36ClF2N5O4S/c1-48-37(47)45-34(32(22-9-4-2-5-10-22)23-11-6-3-7-12-23)35(46)44-33-24(13-8-14-28(33)39)15-16-25-19-41-20-26(49-25)21-50-36-42-30-17-27(38)29(40)18-31(30)43-36/h2-14,17-18,25-26,32,34,41H,15-16,19-21H2,1H3,(H,42,43)(H,44,46)(H,45,47)/t25-,26+,34+/m1/s1. The zero-order valence-corrected chi connectivity index (χ0v) is 28.7. The lowest BCUT2D eigenvalue weighted by Gasteiger charge is -2.31. The summed E-state index contributed by atoms with van der Waals surface area (Å²) in [6.45, 7) is 1.26. The Morgan fingerprint density at radius 2 is 1.68 bits per heavy atom. The van der Waals surface area contributed by atoms with Gasteiger partial charge in [0.1, 0.15) is 17.7 Å². The van der Waals surface area contributed by atoms with E-state index >= 15 is 4.39 Å². The van der Waals surface area contributed by atoms with Gasteiger partial charge in [-0.05, 0) is 41.7 Å². The summed E-state index contributed by atoms with van der Waals surface area (Å²) in [5.41, 5.74) is 3.37. The van der Waals surface area contributed by atoms with E-state index in [2.05, 4.69) is 25.9 Å². The maximum absolute atomic E-state index is 15.4. The highest BCUT2D eigenvalue weighted by Crippen LogP contribution is 2.31. The van der Waals surface area contributed by atoms with E-state index in [-0.39, 0.29) is 22.9 Å². The number of fused-ring (bicyclic) bond motifs is 1. The Morgan fingerprint density at radius 1 is 0.980 bits per heavy atom. The highest BCUT2D eigenvalue weighted by molar-refractivity contribution is 7.99. The number of amides is 2. The van der Waals surface area contributed by atoms with Crippen molar-refractivity contribution in [1.82, 2.24) is 20.6 Å². The molecule has 1 saturated heterocycles. The largest absolute Gasteiger partial charge is 0.453 e. The van der Waals surface area contributed by atoms with Crippen molar-refractivity contribution in [3.8, 4) is 0 Å². The van der Waals surface area contributed by atoms with Crippen LogP contribution in [0.3, 0.4) is 0 Å². The van der Waals surface area contributed by atoms with Crippen LogP contribution in [0.1, 0.15) is 29.0 Å². The van der Waals surface area contributed by atoms with Gasteiger partial charge in [-0.3, -0.25) is 4.79 Å². The van der Waals surface area contributed by atoms with Gasteiger partial charge in [0.15, 0.2) is 5.16 Å². The Hall–Kier alpha value is -4.49. The molecule has 1 aliphatic heterocycles. The van der Waals surface area contributed by atoms with E-state index in [0.29, 0.717) is 53.4 Å². The molecule has 4 N–H and O–H groups in total. The van der Waals surface area contributed by atoms with Crippen LogP contribution in [0, 0.1) is 11.6 Å². The third-order valence-electron chi connectivity index (χ3n) is 8.51. The number of aryl methyl sites for hydroxylation is 1. The second-order valence-electron chi connectivity index (χ2n) is 11.9. The number of H-pyrrole nitrogens is 1. The minimum atomic E-state index is -1.13. The predicted octanol–water partition coefficient (Wildman–Crippen LogP) is 7.07. The highest BCUT2D eigenvalue weighted by Gasteiger charge is 2.34. The number of aromatic amines is 1. The molecule has 13 heteroatoms. The number of carbonyl (C=O) groups is 2. The number of nitrogens with one attached hydrogen (secondary N) is 4. The number of aromatic nitrogens is 2. The monoisotopic (exact) mass is 719 g/mol. The fourth-order valence-electron chi connectivity index (χ4n) is 6.08. The smallest absolute Gasteiger partial charge is 0.407 e. The van der Waals surface area contributed by atoms with Gasteiger partial charge in [-0.1, -0.05) is 96.2 Å². The first-order valence-corrected chi connectivity index (χ1v) is 17.5. The van der Waals surface area contributed by atoms with Crippen molar-refractivity contribution in [2.45, 2.75) is 42.2 Å². The molecule has 0 spiro atoms. The molecule has 2 amide bonds. The number of halogens is 3. The number of hydrogen-bond donors (Lipinski definition) is 4. The van der Waals surface area contributed by atoms with Crippen LogP contribution >= 0.6 is 23.4 Å². The molecule has 5 aromatic rings. The third kappa shape index (κ3) is 8.62. The van der Waals surface area contributed by atoms with E-state index < -0.39 is 35.6 Å². The number of morpholine rings is 1. The summed E-state index contributed by atoms with van der Waals surface area (Å²) >= 11 is 7.37. The van der Waals surface area contributed by atoms with Crippen LogP contribution in [0.25, 0.3) is 11.0 Å². The minimum Gasteiger partial charge on any atom is -0.453 e. The van der Waals surface area contributed by atoms with E-state index in [4.69, 9.17) is 21.1 Å². The lowest BCUT2D eigenvalue weighted by atomic mass is 9.84. The molecule has 2 heterocycles. The Labute approximate surface area is 297 Å². The number of thioether (sulfide) groups is 1. The van der Waals surface area contributed by atoms with Gasteiger partial charge in [-0.25, -0.2) is 18.6 Å². The number of alkyl carbamates (subject to hydrolysis) is 1. The summed E-state index contributed by atoms with van der Waals surface area (Å²) in [5, 5.41) is 9.56. The summed E-state index contributed by atoms with van der Waals surface area (Å²) in [6.07, 6.45) is -0.102. The number of anilines is 1. The van der Waals surface area contributed by atoms with Gasteiger partial charge in [-0.2, -0.15) is 0 Å². The van der Waals surface area contributed by atoms with Crippen LogP contribution in [-0.4, -0.2) is 66.2 Å². The van der Waals surface area contributed by atoms with Crippen molar-refractivity contribution < 1.29 is 27.8 Å². The summed E-state index contributed by atoms with van der Waals surface area (Å²) in [4.78, 5) is 34.2. The SMILES string of the molecule is COC(=O)N[C@H](C(=O)Nc1c(F)cccc1CC[C@@H]1CNC[C@@H](CSc2nc3cc(F)c(Cl)cc3[nH]2)O1)C(c1ccccc1)c1ccccc1. The van der Waals surface area contributed by atoms with Gasteiger partial charge in [-0.15, -0.1) is 0 Å². The molecule has 1 aromatic heterocycles. The van der Waals surface area contributed by atoms with E-state index in [1.807, 2.05) is 60.7 Å². The normalized spacial score (nSPS) is 16.7. The number of nitrogens with zero attached hydrogens (tertiary/aromatic N) is 1. The molecular weight excluding hydrogens is 684 g/mol. The minimum absolute atomic E-state index is 0.0302. The first-order valence-electron chi connectivity index (χ1n) is 16.2. The number of benzene rings is 4. The van der Waals surface area contributed by atoms with Gasteiger partial charge in [0.25, 0.3) is 0 Å². The van der Waals surface area contributed by atoms with Crippen molar-refractivity contribution in [1.29, 1.82) is 0 Å². The van der Waals surface area contributed by atoms with Gasteiger partial charge in [0, 0.05) is 30.8 Å². The number of methoxy groups -OCH3 is 1. The molecule has 1 fully saturated rings. The van der Waals surface area contributed by atoms with Crippen LogP contribution in [0.4, 0.5) is 19.3 Å². The maximum atomic E-state index is 15.4. The lowest BCUT2D eigenvalue weighted by Crippen LogP contribution is -2.48. The molecule has 0 saturated carbocycles. The zero-order valence-electron chi connectivity index (χ0n) is 27.1. The summed E-state index contributed by atoms with van der Waals surface area (Å²) in [6, 6.07) is 25.0. The summed E-state index contributed by atoms with van der Waals surface area (Å²) in [7, 11) is 1.22. The van der Waals surface area contributed by atoms with Crippen molar-refractivity contribution in [2.24, 2.45) is 0 Å². The highest BCUT2D eigenvalue weighted by atomic mass is 35.5. The van der Waals surface area contributed by atoms with Crippen LogP contribution in [-0.2, 0) is 20.7 Å². The molecule has 50 heavy (non-hydrogen) atoms. The molecule has 1 aliphatic rings. The fourth-order valence-corrected chi connectivity index (χ4v) is 7.13. The average molecular weight is 720 g/mol. The topological polar surface area (TPSA) is 117 Å². The van der Waals surface area contributed by atoms with Gasteiger partial charge >= 0.3 is 6.09 Å². The Bertz CT molecular complexity index is 1860. The first kappa shape index (κ1) is 35.3. The molecule has 6 rings (SSSR count). The van der Waals surface area contributed by atoms with E-state index in [1.165, 1.54) is 37.1 Å². The van der Waals surface area contributed by atoms with Crippen molar-refractivity contribution in [3.05, 3.63) is 124 Å². The molecule has 0 unspecified atom stereocenters. The molecule has 9 nitrogen and oxygen atoms in total. The Kier molecular flexibility index (Phi) is 11.6. The third-order valence-corrected chi connectivity index (χ3v) is 9.81. The molecule has 4 aromatic carbocycles. The average Bonchev–Trinajstić information content (AvgIpc) is 3.53. The molecule has 0 bridgehead atoms. The lowest BCUT2D eigenvalue weighted by molar-refractivity contribution is -0.118. The summed E-state index contributed by atoms with van der Waals surface area (Å²) < 4.78 is 40.6. The van der Waals surface area contributed by atoms with E-state index in [1.54, 1.807) is 12.1 Å². The van der Waals surface area contributed by atoms with E-state index in [9.17, 15) is 14.0 Å². The number of para-hydroxylation sites is 1. The number of ether oxygens (including phenoxy) is 2.